The topological polar surface area (TPSA) is 28.5 Å². The minimum Gasteiger partial charge on any atom is -0.319 e. The number of hydrogen-bond donors (Lipinski definition) is 0. The largest absolute Gasteiger partial charge is 0.319 e. The molecule has 2 aromatic rings. The van der Waals surface area contributed by atoms with Gasteiger partial charge in [-0.1, -0.05) is 38.1 Å². The van der Waals surface area contributed by atoms with Crippen molar-refractivity contribution in [1.29, 1.82) is 0 Å². The number of aryl methyl sites for hydroxylation is 1. The molecule has 0 spiro atoms. The van der Waals surface area contributed by atoms with Crippen LogP contribution in [-0.2, 0) is 13.6 Å². The van der Waals surface area contributed by atoms with E-state index in [1.54, 1.807) is 17.7 Å². The fourth-order valence-corrected chi connectivity index (χ4v) is 4.34. The van der Waals surface area contributed by atoms with Gasteiger partial charge in [0.1, 0.15) is 0 Å². The van der Waals surface area contributed by atoms with Crippen LogP contribution in [0.25, 0.3) is 0 Å². The molecule has 28 heavy (non-hydrogen) atoms. The average Bonchev–Trinajstić information content (AvgIpc) is 2.64. The number of nitrogens with zero attached hydrogens (tertiary/aromatic N) is 3. The molecule has 1 atom stereocenters. The van der Waals surface area contributed by atoms with E-state index < -0.39 is 0 Å². The van der Waals surface area contributed by atoms with E-state index in [4.69, 9.17) is 0 Å². The number of hydrogen-bond acceptors (Lipinski definition) is 3. The minimum atomic E-state index is 0.0625. The Balaban J connectivity index is 1.90. The van der Waals surface area contributed by atoms with Gasteiger partial charge in [-0.15, -0.1) is 0 Å². The molecule has 0 radical (unpaired) electrons. The summed E-state index contributed by atoms with van der Waals surface area (Å²) in [5, 5.41) is 0. The van der Waals surface area contributed by atoms with E-state index in [0.29, 0.717) is 12.0 Å². The third-order valence-electron chi connectivity index (χ3n) is 5.88. The second-order valence-electron chi connectivity index (χ2n) is 9.38. The van der Waals surface area contributed by atoms with Crippen LogP contribution in [0, 0.1) is 0 Å². The molecule has 1 aliphatic heterocycles. The zero-order valence-electron chi connectivity index (χ0n) is 18.3. The highest BCUT2D eigenvalue weighted by atomic mass is 16.1. The van der Waals surface area contributed by atoms with E-state index in [1.165, 1.54) is 11.1 Å². The van der Waals surface area contributed by atoms with Crippen LogP contribution in [0.1, 0.15) is 63.3 Å². The Hall–Kier alpha value is -1.91. The first kappa shape index (κ1) is 20.8. The van der Waals surface area contributed by atoms with Gasteiger partial charge in [0, 0.05) is 57.1 Å². The summed E-state index contributed by atoms with van der Waals surface area (Å²) < 4.78 is 1.63. The van der Waals surface area contributed by atoms with Crippen LogP contribution in [0.15, 0.2) is 47.4 Å². The fourth-order valence-electron chi connectivity index (χ4n) is 4.34. The molecule has 0 aliphatic carbocycles. The van der Waals surface area contributed by atoms with Gasteiger partial charge in [-0.3, -0.25) is 14.6 Å². The first-order chi connectivity index (χ1) is 13.2. The summed E-state index contributed by atoms with van der Waals surface area (Å²) in [6.07, 6.45) is 1.87. The van der Waals surface area contributed by atoms with Crippen molar-refractivity contribution in [2.45, 2.75) is 58.7 Å². The molecule has 4 nitrogen and oxygen atoms in total. The van der Waals surface area contributed by atoms with Crippen molar-refractivity contribution in [2.75, 3.05) is 19.6 Å². The molecule has 1 aromatic heterocycles. The van der Waals surface area contributed by atoms with Crippen molar-refractivity contribution in [2.24, 2.45) is 7.05 Å². The molecule has 0 bridgehead atoms. The maximum atomic E-state index is 12.0. The molecule has 0 amide bonds. The summed E-state index contributed by atoms with van der Waals surface area (Å²) in [5.41, 5.74) is 4.16. The monoisotopic (exact) mass is 381 g/mol. The summed E-state index contributed by atoms with van der Waals surface area (Å²) in [4.78, 5) is 17.2. The highest BCUT2D eigenvalue weighted by Gasteiger charge is 2.35. The van der Waals surface area contributed by atoms with Gasteiger partial charge in [-0.25, -0.2) is 0 Å². The summed E-state index contributed by atoms with van der Waals surface area (Å²) in [7, 11) is 1.80. The molecular weight excluding hydrogens is 346 g/mol. The van der Waals surface area contributed by atoms with Crippen molar-refractivity contribution in [3.8, 4) is 0 Å². The Morgan fingerprint density at radius 1 is 1.11 bits per heavy atom. The second-order valence-corrected chi connectivity index (χ2v) is 9.38. The molecule has 1 saturated heterocycles. The number of piperazine rings is 1. The molecule has 1 aliphatic rings. The molecule has 4 heteroatoms. The lowest BCUT2D eigenvalue weighted by atomic mass is 9.88. The summed E-state index contributed by atoms with van der Waals surface area (Å²) in [6, 6.07) is 13.1. The molecule has 2 heterocycles. The van der Waals surface area contributed by atoms with Gasteiger partial charge >= 0.3 is 0 Å². The standard InChI is InChI=1S/C24H35N3O/c1-18(2)20-9-7-8-10-21(20)22-17-26(13-14-27(22)24(3,4)5)16-19-11-12-25(6)23(28)15-19/h7-12,15,18,22H,13-14,16-17H2,1-6H3. The SMILES string of the molecule is CC(C)c1ccccc1C1CN(Cc2ccn(C)c(=O)c2)CCN1C(C)(C)C. The Kier molecular flexibility index (Phi) is 6.11. The Labute approximate surface area is 169 Å². The van der Waals surface area contributed by atoms with Crippen LogP contribution in [0.5, 0.6) is 0 Å². The van der Waals surface area contributed by atoms with E-state index in [9.17, 15) is 4.79 Å². The van der Waals surface area contributed by atoms with Crippen LogP contribution < -0.4 is 5.56 Å². The maximum Gasteiger partial charge on any atom is 0.250 e. The summed E-state index contributed by atoms with van der Waals surface area (Å²) >= 11 is 0. The van der Waals surface area contributed by atoms with E-state index in [-0.39, 0.29) is 11.1 Å². The predicted octanol–water partition coefficient (Wildman–Crippen LogP) is 4.17. The molecule has 1 aromatic carbocycles. The predicted molar refractivity (Wildman–Crippen MR) is 117 cm³/mol. The van der Waals surface area contributed by atoms with E-state index in [1.807, 2.05) is 6.20 Å². The zero-order valence-corrected chi connectivity index (χ0v) is 18.3. The minimum absolute atomic E-state index is 0.0625. The Morgan fingerprint density at radius 3 is 2.46 bits per heavy atom. The lowest BCUT2D eigenvalue weighted by Gasteiger charge is -2.49. The second kappa shape index (κ2) is 8.22. The highest BCUT2D eigenvalue weighted by molar-refractivity contribution is 5.33. The zero-order chi connectivity index (χ0) is 20.5. The van der Waals surface area contributed by atoms with Gasteiger partial charge in [0.2, 0.25) is 0 Å². The molecule has 0 N–H and O–H groups in total. The van der Waals surface area contributed by atoms with Crippen LogP contribution in [0.2, 0.25) is 0 Å². The smallest absolute Gasteiger partial charge is 0.250 e. The Bertz CT molecular complexity index is 863. The fraction of sp³-hybridized carbons (Fsp3) is 0.542. The molecule has 3 rings (SSSR count). The van der Waals surface area contributed by atoms with Crippen molar-refractivity contribution in [3.63, 3.8) is 0 Å². The lowest BCUT2D eigenvalue weighted by molar-refractivity contribution is 0.00553. The van der Waals surface area contributed by atoms with Crippen LogP contribution in [-0.4, -0.2) is 39.5 Å². The molecular formula is C24H35N3O. The van der Waals surface area contributed by atoms with Gasteiger partial charge in [0.25, 0.3) is 5.56 Å². The third kappa shape index (κ3) is 4.56. The highest BCUT2D eigenvalue weighted by Crippen LogP contribution is 2.35. The molecule has 1 fully saturated rings. The van der Waals surface area contributed by atoms with Crippen molar-refractivity contribution in [3.05, 3.63) is 69.6 Å². The van der Waals surface area contributed by atoms with Gasteiger partial charge in [-0.05, 0) is 49.4 Å². The molecule has 152 valence electrons. The number of rotatable bonds is 4. The van der Waals surface area contributed by atoms with Gasteiger partial charge in [0.15, 0.2) is 0 Å². The summed E-state index contributed by atoms with van der Waals surface area (Å²) in [5.74, 6) is 0.505. The maximum absolute atomic E-state index is 12.0. The van der Waals surface area contributed by atoms with Crippen molar-refractivity contribution in [1.82, 2.24) is 14.4 Å². The van der Waals surface area contributed by atoms with Gasteiger partial charge in [-0.2, -0.15) is 0 Å². The third-order valence-corrected chi connectivity index (χ3v) is 5.88. The first-order valence-electron chi connectivity index (χ1n) is 10.4. The van der Waals surface area contributed by atoms with E-state index in [2.05, 4.69) is 74.8 Å². The van der Waals surface area contributed by atoms with Gasteiger partial charge in [0.05, 0.1) is 0 Å². The number of aromatic nitrogens is 1. The van der Waals surface area contributed by atoms with Gasteiger partial charge < -0.3 is 4.57 Å². The summed E-state index contributed by atoms with van der Waals surface area (Å²) in [6.45, 7) is 15.4. The van der Waals surface area contributed by atoms with E-state index in [0.717, 1.165) is 31.7 Å². The molecule has 0 saturated carbocycles. The quantitative estimate of drug-likeness (QED) is 0.796. The number of benzene rings is 1. The first-order valence-corrected chi connectivity index (χ1v) is 10.4. The van der Waals surface area contributed by atoms with Crippen LogP contribution in [0.4, 0.5) is 0 Å². The van der Waals surface area contributed by atoms with Crippen molar-refractivity contribution >= 4 is 0 Å². The number of pyridine rings is 1. The van der Waals surface area contributed by atoms with Crippen LogP contribution >= 0.6 is 0 Å². The van der Waals surface area contributed by atoms with E-state index >= 15 is 0 Å². The normalized spacial score (nSPS) is 19.3. The lowest BCUT2D eigenvalue weighted by Crippen LogP contribution is -2.55. The Morgan fingerprint density at radius 2 is 1.82 bits per heavy atom. The molecule has 1 unspecified atom stereocenters. The van der Waals surface area contributed by atoms with Crippen LogP contribution in [0.3, 0.4) is 0 Å². The average molecular weight is 382 g/mol. The van der Waals surface area contributed by atoms with Crippen molar-refractivity contribution < 1.29 is 0 Å².